The van der Waals surface area contributed by atoms with E-state index in [-0.39, 0.29) is 17.6 Å². The van der Waals surface area contributed by atoms with Gasteiger partial charge in [-0.25, -0.2) is 19.6 Å². The zero-order chi connectivity index (χ0) is 23.2. The lowest BCUT2D eigenvalue weighted by Gasteiger charge is -2.22. The molecule has 3 heterocycles. The molecule has 0 atom stereocenters. The van der Waals surface area contributed by atoms with Crippen molar-refractivity contribution in [1.82, 2.24) is 29.3 Å². The van der Waals surface area contributed by atoms with Gasteiger partial charge in [0.25, 0.3) is 5.56 Å². The standard InChI is InChI=1S/C24H26N8O/c1-4-5-12-31-21-19(29-23(31)30(3)15-24(25)10-11-24)13-26-32(22(21)33)14-20-27-16(2)17-8-6-7-9-18(17)28-20/h6-9,13H,10-12,14-15,25H2,1-3H3. The van der Waals surface area contributed by atoms with Gasteiger partial charge in [-0.1, -0.05) is 24.1 Å². The van der Waals surface area contributed by atoms with E-state index in [0.29, 0.717) is 35.9 Å². The first-order valence-corrected chi connectivity index (χ1v) is 11.0. The monoisotopic (exact) mass is 442 g/mol. The molecule has 4 aromatic rings. The van der Waals surface area contributed by atoms with Crippen LogP contribution in [0.25, 0.3) is 21.9 Å². The molecule has 33 heavy (non-hydrogen) atoms. The highest BCUT2D eigenvalue weighted by Crippen LogP contribution is 2.34. The number of hydrogen-bond donors (Lipinski definition) is 1. The van der Waals surface area contributed by atoms with E-state index in [1.807, 2.05) is 47.7 Å². The minimum atomic E-state index is -0.249. The van der Waals surface area contributed by atoms with Gasteiger partial charge in [-0.3, -0.25) is 9.36 Å². The molecular weight excluding hydrogens is 416 g/mol. The summed E-state index contributed by atoms with van der Waals surface area (Å²) >= 11 is 0. The minimum absolute atomic E-state index is 0.169. The van der Waals surface area contributed by atoms with E-state index in [1.165, 1.54) is 4.68 Å². The van der Waals surface area contributed by atoms with Crippen molar-refractivity contribution in [1.29, 1.82) is 0 Å². The number of rotatable bonds is 6. The SMILES string of the molecule is CC#CCn1c(N(C)CC2(N)CC2)nc2cnn(Cc3nc(C)c4ccccc4n3)c(=O)c21. The number of hydrogen-bond acceptors (Lipinski definition) is 7. The third kappa shape index (κ3) is 3.94. The first kappa shape index (κ1) is 21.1. The largest absolute Gasteiger partial charge is 0.343 e. The summed E-state index contributed by atoms with van der Waals surface area (Å²) in [4.78, 5) is 29.4. The van der Waals surface area contributed by atoms with E-state index < -0.39 is 0 Å². The van der Waals surface area contributed by atoms with Crippen LogP contribution in [0.2, 0.25) is 0 Å². The van der Waals surface area contributed by atoms with E-state index in [2.05, 4.69) is 26.9 Å². The van der Waals surface area contributed by atoms with Gasteiger partial charge >= 0.3 is 0 Å². The molecule has 0 aliphatic heterocycles. The first-order valence-electron chi connectivity index (χ1n) is 11.0. The van der Waals surface area contributed by atoms with E-state index in [0.717, 1.165) is 29.4 Å². The van der Waals surface area contributed by atoms with Crippen molar-refractivity contribution in [3.05, 3.63) is 52.3 Å². The minimum Gasteiger partial charge on any atom is -0.343 e. The molecule has 0 spiro atoms. The summed E-state index contributed by atoms with van der Waals surface area (Å²) in [5.41, 5.74) is 8.61. The molecule has 0 unspecified atom stereocenters. The molecule has 0 radical (unpaired) electrons. The number of nitrogens with two attached hydrogens (primary N) is 1. The van der Waals surface area contributed by atoms with Crippen molar-refractivity contribution in [3.63, 3.8) is 0 Å². The Morgan fingerprint density at radius 2 is 1.97 bits per heavy atom. The van der Waals surface area contributed by atoms with E-state index in [1.54, 1.807) is 13.1 Å². The molecule has 9 nitrogen and oxygen atoms in total. The number of anilines is 1. The summed E-state index contributed by atoms with van der Waals surface area (Å²) < 4.78 is 3.24. The lowest BCUT2D eigenvalue weighted by molar-refractivity contribution is 0.617. The summed E-state index contributed by atoms with van der Waals surface area (Å²) in [7, 11) is 1.95. The number of likely N-dealkylation sites (N-methyl/N-ethyl adjacent to an activating group) is 1. The van der Waals surface area contributed by atoms with Crippen LogP contribution in [-0.4, -0.2) is 48.4 Å². The van der Waals surface area contributed by atoms with Crippen LogP contribution in [0.3, 0.4) is 0 Å². The van der Waals surface area contributed by atoms with Gasteiger partial charge in [-0.05, 0) is 32.8 Å². The van der Waals surface area contributed by atoms with Crippen LogP contribution in [0.15, 0.2) is 35.3 Å². The van der Waals surface area contributed by atoms with E-state index in [4.69, 9.17) is 10.7 Å². The summed E-state index contributed by atoms with van der Waals surface area (Å²) in [6, 6.07) is 7.83. The second-order valence-electron chi connectivity index (χ2n) is 8.73. The van der Waals surface area contributed by atoms with E-state index in [9.17, 15) is 4.79 Å². The van der Waals surface area contributed by atoms with Crippen LogP contribution in [0.1, 0.15) is 31.3 Å². The van der Waals surface area contributed by atoms with Crippen molar-refractivity contribution in [2.45, 2.75) is 45.3 Å². The zero-order valence-electron chi connectivity index (χ0n) is 19.0. The highest BCUT2D eigenvalue weighted by Gasteiger charge is 2.40. The molecule has 0 bridgehead atoms. The van der Waals surface area contributed by atoms with Crippen LogP contribution < -0.4 is 16.2 Å². The fraction of sp³-hybridized carbons (Fsp3) is 0.375. The van der Waals surface area contributed by atoms with Crippen LogP contribution in [0, 0.1) is 18.8 Å². The van der Waals surface area contributed by atoms with Crippen molar-refractivity contribution in [3.8, 4) is 11.8 Å². The molecule has 0 saturated heterocycles. The second kappa shape index (κ2) is 7.98. The third-order valence-electron chi connectivity index (χ3n) is 6.06. The Hall–Kier alpha value is -3.77. The fourth-order valence-corrected chi connectivity index (χ4v) is 4.15. The molecule has 5 rings (SSSR count). The van der Waals surface area contributed by atoms with Gasteiger partial charge in [0.2, 0.25) is 5.95 Å². The molecule has 168 valence electrons. The summed E-state index contributed by atoms with van der Waals surface area (Å²) in [5.74, 6) is 7.17. The molecule has 1 aliphatic carbocycles. The number of para-hydroxylation sites is 1. The summed E-state index contributed by atoms with van der Waals surface area (Å²) in [6.07, 6.45) is 3.60. The normalized spacial score (nSPS) is 14.3. The Kier molecular flexibility index (Phi) is 5.10. The van der Waals surface area contributed by atoms with Crippen molar-refractivity contribution < 1.29 is 0 Å². The number of aryl methyl sites for hydroxylation is 1. The lowest BCUT2D eigenvalue weighted by atomic mass is 10.2. The molecule has 1 aromatic carbocycles. The molecule has 1 fully saturated rings. The maximum Gasteiger partial charge on any atom is 0.293 e. The Morgan fingerprint density at radius 3 is 2.73 bits per heavy atom. The molecule has 2 N–H and O–H groups in total. The van der Waals surface area contributed by atoms with Gasteiger partial charge in [-0.2, -0.15) is 5.10 Å². The van der Waals surface area contributed by atoms with Gasteiger partial charge in [0.1, 0.15) is 17.6 Å². The molecule has 3 aromatic heterocycles. The number of imidazole rings is 1. The van der Waals surface area contributed by atoms with Crippen LogP contribution >= 0.6 is 0 Å². The van der Waals surface area contributed by atoms with Gasteiger partial charge in [0.15, 0.2) is 5.82 Å². The number of fused-ring (bicyclic) bond motifs is 2. The average molecular weight is 443 g/mol. The van der Waals surface area contributed by atoms with Gasteiger partial charge < -0.3 is 10.6 Å². The Bertz CT molecular complexity index is 1490. The highest BCUT2D eigenvalue weighted by molar-refractivity contribution is 5.80. The predicted molar refractivity (Wildman–Crippen MR) is 128 cm³/mol. The molecule has 9 heteroatoms. The van der Waals surface area contributed by atoms with Gasteiger partial charge in [0.05, 0.1) is 18.3 Å². The van der Waals surface area contributed by atoms with Gasteiger partial charge in [0, 0.05) is 30.2 Å². The number of aromatic nitrogens is 6. The quantitative estimate of drug-likeness (QED) is 0.454. The van der Waals surface area contributed by atoms with Gasteiger partial charge in [-0.15, -0.1) is 5.92 Å². The molecular formula is C24H26N8O. The Balaban J connectivity index is 1.57. The Labute approximate surface area is 191 Å². The highest BCUT2D eigenvalue weighted by atomic mass is 16.1. The zero-order valence-corrected chi connectivity index (χ0v) is 19.0. The Morgan fingerprint density at radius 1 is 1.18 bits per heavy atom. The molecule has 1 aliphatic rings. The third-order valence-corrected chi connectivity index (χ3v) is 6.06. The smallest absolute Gasteiger partial charge is 0.293 e. The average Bonchev–Trinajstić information content (AvgIpc) is 3.39. The summed E-state index contributed by atoms with van der Waals surface area (Å²) in [6.45, 7) is 4.91. The summed E-state index contributed by atoms with van der Waals surface area (Å²) in [5, 5.41) is 5.36. The second-order valence-corrected chi connectivity index (χ2v) is 8.73. The first-order chi connectivity index (χ1) is 15.9. The van der Waals surface area contributed by atoms with Crippen LogP contribution in [-0.2, 0) is 13.1 Å². The van der Waals surface area contributed by atoms with Crippen LogP contribution in [0.4, 0.5) is 5.95 Å². The topological polar surface area (TPSA) is 108 Å². The van der Waals surface area contributed by atoms with E-state index >= 15 is 0 Å². The number of benzene rings is 1. The fourth-order valence-electron chi connectivity index (χ4n) is 4.15. The lowest BCUT2D eigenvalue weighted by Crippen LogP contribution is -2.38. The maximum atomic E-state index is 13.5. The van der Waals surface area contributed by atoms with Crippen LogP contribution in [0.5, 0.6) is 0 Å². The maximum absolute atomic E-state index is 13.5. The number of nitrogens with zero attached hydrogens (tertiary/aromatic N) is 7. The van der Waals surface area contributed by atoms with Crippen molar-refractivity contribution in [2.24, 2.45) is 5.73 Å². The molecule has 0 amide bonds. The predicted octanol–water partition coefficient (Wildman–Crippen LogP) is 1.84. The van der Waals surface area contributed by atoms with Crippen molar-refractivity contribution in [2.75, 3.05) is 18.5 Å². The van der Waals surface area contributed by atoms with Crippen molar-refractivity contribution >= 4 is 27.9 Å². The molecule has 1 saturated carbocycles.